The predicted octanol–water partition coefficient (Wildman–Crippen LogP) is 5.17. The first-order valence-corrected chi connectivity index (χ1v) is 4.61. The molecule has 0 atom stereocenters. The van der Waals surface area contributed by atoms with Gasteiger partial charge in [0, 0.05) is 0 Å². The van der Waals surface area contributed by atoms with E-state index in [1.165, 1.54) is 22.3 Å². The number of benzene rings is 2. The van der Waals surface area contributed by atoms with Crippen LogP contribution in [0.3, 0.4) is 0 Å². The third-order valence-electron chi connectivity index (χ3n) is 2.71. The van der Waals surface area contributed by atoms with E-state index in [2.05, 4.69) is 48.5 Å². The van der Waals surface area contributed by atoms with Gasteiger partial charge in [0.25, 0.3) is 0 Å². The third kappa shape index (κ3) is 2.01. The monoisotopic (exact) mass is 214 g/mol. The first-order chi connectivity index (χ1) is 6.45. The fourth-order valence-electron chi connectivity index (χ4n) is 2.08. The molecule has 0 heterocycles. The van der Waals surface area contributed by atoms with Gasteiger partial charge in [0.2, 0.25) is 0 Å². The fraction of sp³-hybridized carbons (Fsp3) is 0.250. The van der Waals surface area contributed by atoms with Crippen LogP contribution in [0.25, 0.3) is 11.1 Å². The average molecular weight is 214 g/mol. The molecule has 0 radical (unpaired) electrons. The van der Waals surface area contributed by atoms with Crippen LogP contribution in [0.4, 0.5) is 0 Å². The van der Waals surface area contributed by atoms with E-state index in [9.17, 15) is 0 Å². The molecule has 2 aromatic rings. The second-order valence-corrected chi connectivity index (χ2v) is 3.49. The molecule has 0 heteroatoms. The van der Waals surface area contributed by atoms with Gasteiger partial charge >= 0.3 is 0 Å². The Morgan fingerprint density at radius 3 is 1.38 bits per heavy atom. The first kappa shape index (κ1) is 14.4. The van der Waals surface area contributed by atoms with E-state index in [0.717, 1.165) is 6.42 Å². The van der Waals surface area contributed by atoms with Gasteiger partial charge < -0.3 is 0 Å². The zero-order valence-corrected chi connectivity index (χ0v) is 7.33. The second-order valence-electron chi connectivity index (χ2n) is 3.49. The molecule has 1 aliphatic rings. The Labute approximate surface area is 100.0 Å². The molecule has 2 aromatic carbocycles. The van der Waals surface area contributed by atoms with Crippen LogP contribution in [0.5, 0.6) is 0 Å². The summed E-state index contributed by atoms with van der Waals surface area (Å²) in [5.41, 5.74) is 5.75. The minimum atomic E-state index is 0. The van der Waals surface area contributed by atoms with Gasteiger partial charge in [-0.15, -0.1) is 0 Å². The molecule has 86 valence electrons. The lowest BCUT2D eigenvalue weighted by atomic mass is 10.1. The van der Waals surface area contributed by atoms with Gasteiger partial charge in [-0.1, -0.05) is 70.8 Å². The van der Waals surface area contributed by atoms with Crippen LogP contribution in [-0.4, -0.2) is 0 Å². The van der Waals surface area contributed by atoms with E-state index in [-0.39, 0.29) is 22.3 Å². The maximum atomic E-state index is 2.22. The van der Waals surface area contributed by atoms with Gasteiger partial charge in [-0.3, -0.25) is 0 Å². The lowest BCUT2D eigenvalue weighted by Gasteiger charge is -1.98. The Balaban J connectivity index is 0.000000750. The molecule has 0 spiro atoms. The van der Waals surface area contributed by atoms with Gasteiger partial charge in [-0.05, 0) is 28.7 Å². The van der Waals surface area contributed by atoms with Crippen LogP contribution in [0, 0.1) is 0 Å². The van der Waals surface area contributed by atoms with Crippen molar-refractivity contribution in [2.75, 3.05) is 0 Å². The zero-order valence-electron chi connectivity index (χ0n) is 7.33. The Kier molecular flexibility index (Phi) is 4.97. The summed E-state index contributed by atoms with van der Waals surface area (Å²) >= 11 is 0. The van der Waals surface area contributed by atoms with Crippen molar-refractivity contribution < 1.29 is 0 Å². The number of hydrogen-bond acceptors (Lipinski definition) is 0. The van der Waals surface area contributed by atoms with Crippen LogP contribution in [0.2, 0.25) is 0 Å². The van der Waals surface area contributed by atoms with Gasteiger partial charge in [-0.25, -0.2) is 0 Å². The van der Waals surface area contributed by atoms with Gasteiger partial charge in [0.05, 0.1) is 0 Å². The molecule has 3 rings (SSSR count). The second kappa shape index (κ2) is 5.50. The lowest BCUT2D eigenvalue weighted by Crippen LogP contribution is -1.77. The maximum Gasteiger partial charge on any atom is -0.00135 e. The largest absolute Gasteiger partial charge is 0.0776 e. The summed E-state index contributed by atoms with van der Waals surface area (Å²) in [7, 11) is 0. The highest BCUT2D eigenvalue weighted by Gasteiger charge is 2.15. The lowest BCUT2D eigenvalue weighted by molar-refractivity contribution is 1.26. The van der Waals surface area contributed by atoms with Crippen LogP contribution in [0.1, 0.15) is 33.4 Å². The highest BCUT2D eigenvalue weighted by molar-refractivity contribution is 5.76. The summed E-state index contributed by atoms with van der Waals surface area (Å²) in [6.45, 7) is 0. The number of fused-ring (bicyclic) bond motifs is 3. The molecular formula is C16H22. The standard InChI is InChI=1S/C13H10.3CH4/c1-3-7-12-10(5-1)9-11-6-2-4-8-13(11)12;;;/h1-8H,9H2;3*1H4. The molecule has 0 amide bonds. The fourth-order valence-corrected chi connectivity index (χ4v) is 2.08. The Morgan fingerprint density at radius 1 is 0.562 bits per heavy atom. The van der Waals surface area contributed by atoms with Crippen molar-refractivity contribution in [2.24, 2.45) is 0 Å². The summed E-state index contributed by atoms with van der Waals surface area (Å²) < 4.78 is 0. The SMILES string of the molecule is C.C.C.c1ccc2c(c1)Cc1ccccc1-2. The maximum absolute atomic E-state index is 2.22. The minimum Gasteiger partial charge on any atom is -0.0776 e. The molecule has 0 nitrogen and oxygen atoms in total. The highest BCUT2D eigenvalue weighted by Crippen LogP contribution is 2.35. The van der Waals surface area contributed by atoms with Gasteiger partial charge in [-0.2, -0.15) is 0 Å². The highest BCUT2D eigenvalue weighted by atomic mass is 14.2. The van der Waals surface area contributed by atoms with Crippen molar-refractivity contribution in [3.8, 4) is 11.1 Å². The zero-order chi connectivity index (χ0) is 8.67. The molecule has 16 heavy (non-hydrogen) atoms. The summed E-state index contributed by atoms with van der Waals surface area (Å²) in [5.74, 6) is 0. The van der Waals surface area contributed by atoms with E-state index < -0.39 is 0 Å². The van der Waals surface area contributed by atoms with E-state index >= 15 is 0 Å². The normalized spacial score (nSPS) is 10.0. The smallest absolute Gasteiger partial charge is 0.00135 e. The Bertz CT molecular complexity index is 412. The quantitative estimate of drug-likeness (QED) is 0.484. The molecule has 0 aliphatic heterocycles. The van der Waals surface area contributed by atoms with Crippen LogP contribution < -0.4 is 0 Å². The molecule has 0 bridgehead atoms. The van der Waals surface area contributed by atoms with Crippen molar-refractivity contribution in [2.45, 2.75) is 28.7 Å². The number of rotatable bonds is 0. The molecule has 0 fully saturated rings. The van der Waals surface area contributed by atoms with Crippen LogP contribution in [0.15, 0.2) is 48.5 Å². The van der Waals surface area contributed by atoms with Gasteiger partial charge in [0.15, 0.2) is 0 Å². The van der Waals surface area contributed by atoms with Crippen molar-refractivity contribution in [1.29, 1.82) is 0 Å². The summed E-state index contributed by atoms with van der Waals surface area (Å²) in [6.07, 6.45) is 1.10. The molecule has 1 aliphatic carbocycles. The van der Waals surface area contributed by atoms with Crippen molar-refractivity contribution >= 4 is 0 Å². The first-order valence-electron chi connectivity index (χ1n) is 4.61. The van der Waals surface area contributed by atoms with Crippen molar-refractivity contribution in [3.63, 3.8) is 0 Å². The van der Waals surface area contributed by atoms with Gasteiger partial charge in [0.1, 0.15) is 0 Å². The van der Waals surface area contributed by atoms with E-state index in [4.69, 9.17) is 0 Å². The molecule has 0 N–H and O–H groups in total. The Morgan fingerprint density at radius 2 is 0.938 bits per heavy atom. The van der Waals surface area contributed by atoms with E-state index in [1.807, 2.05) is 0 Å². The van der Waals surface area contributed by atoms with Crippen molar-refractivity contribution in [1.82, 2.24) is 0 Å². The predicted molar refractivity (Wildman–Crippen MR) is 74.9 cm³/mol. The number of hydrogen-bond donors (Lipinski definition) is 0. The minimum absolute atomic E-state index is 0. The van der Waals surface area contributed by atoms with E-state index in [0.29, 0.717) is 0 Å². The van der Waals surface area contributed by atoms with Crippen LogP contribution >= 0.6 is 0 Å². The average Bonchev–Trinajstić information content (AvgIpc) is 2.56. The summed E-state index contributed by atoms with van der Waals surface area (Å²) in [5, 5.41) is 0. The topological polar surface area (TPSA) is 0 Å². The third-order valence-corrected chi connectivity index (χ3v) is 2.71. The molecule has 0 aromatic heterocycles. The van der Waals surface area contributed by atoms with Crippen molar-refractivity contribution in [3.05, 3.63) is 59.7 Å². The molecule has 0 saturated heterocycles. The molecular weight excluding hydrogens is 192 g/mol. The van der Waals surface area contributed by atoms with E-state index in [1.54, 1.807) is 0 Å². The summed E-state index contributed by atoms with van der Waals surface area (Å²) in [6, 6.07) is 17.3. The molecule has 0 saturated carbocycles. The molecule has 0 unspecified atom stereocenters. The summed E-state index contributed by atoms with van der Waals surface area (Å²) in [4.78, 5) is 0. The van der Waals surface area contributed by atoms with Crippen LogP contribution in [-0.2, 0) is 6.42 Å². The Hall–Kier alpha value is -1.56.